The predicted molar refractivity (Wildman–Crippen MR) is 113 cm³/mol. The van der Waals surface area contributed by atoms with Gasteiger partial charge in [0.1, 0.15) is 0 Å². The first-order chi connectivity index (χ1) is 13.2. The molecule has 0 atom stereocenters. The number of rotatable bonds is 8. The van der Waals surface area contributed by atoms with E-state index in [1.54, 1.807) is 0 Å². The van der Waals surface area contributed by atoms with Crippen molar-refractivity contribution in [1.82, 2.24) is 15.1 Å². The minimum absolute atomic E-state index is 0.0580. The van der Waals surface area contributed by atoms with Crippen LogP contribution in [-0.4, -0.2) is 60.7 Å². The van der Waals surface area contributed by atoms with E-state index in [0.29, 0.717) is 17.3 Å². The van der Waals surface area contributed by atoms with Crippen molar-refractivity contribution in [2.24, 2.45) is 0 Å². The van der Waals surface area contributed by atoms with Crippen LogP contribution in [-0.2, 0) is 11.3 Å². The molecule has 0 aromatic heterocycles. The Kier molecular flexibility index (Phi) is 8.02. The molecule has 27 heavy (non-hydrogen) atoms. The number of hydrogen-bond donors (Lipinski definition) is 1. The summed E-state index contributed by atoms with van der Waals surface area (Å²) in [6, 6.07) is 18.2. The Bertz CT molecular complexity index is 720. The quantitative estimate of drug-likeness (QED) is 0.685. The molecule has 4 nitrogen and oxygen atoms in total. The fraction of sp³-hybridized carbons (Fsp3) is 0.381. The Labute approximate surface area is 170 Å². The van der Waals surface area contributed by atoms with Gasteiger partial charge in [0.05, 0.1) is 10.8 Å². The topological polar surface area (TPSA) is 35.6 Å². The van der Waals surface area contributed by atoms with Crippen molar-refractivity contribution >= 4 is 29.3 Å². The van der Waals surface area contributed by atoms with Crippen LogP contribution in [0.15, 0.2) is 59.5 Å². The molecule has 1 aliphatic rings. The molecule has 0 bridgehead atoms. The maximum absolute atomic E-state index is 12.0. The van der Waals surface area contributed by atoms with Crippen molar-refractivity contribution in [3.05, 3.63) is 65.2 Å². The van der Waals surface area contributed by atoms with E-state index in [-0.39, 0.29) is 5.91 Å². The number of amides is 1. The number of nitrogens with zero attached hydrogens (tertiary/aromatic N) is 2. The van der Waals surface area contributed by atoms with Gasteiger partial charge in [-0.15, -0.1) is 11.8 Å². The van der Waals surface area contributed by atoms with Gasteiger partial charge in [0, 0.05) is 50.7 Å². The molecule has 1 N–H and O–H groups in total. The van der Waals surface area contributed by atoms with Gasteiger partial charge >= 0.3 is 0 Å². The zero-order chi connectivity index (χ0) is 18.9. The minimum atomic E-state index is 0.0580. The third-order valence-corrected chi connectivity index (χ3v) is 6.17. The highest BCUT2D eigenvalue weighted by atomic mass is 35.5. The molecule has 0 radical (unpaired) electrons. The van der Waals surface area contributed by atoms with E-state index in [0.717, 1.165) is 44.2 Å². The van der Waals surface area contributed by atoms with Gasteiger partial charge < -0.3 is 5.32 Å². The normalized spacial score (nSPS) is 15.6. The number of thioether (sulfide) groups is 1. The molecule has 2 aromatic carbocycles. The molecule has 0 spiro atoms. The van der Waals surface area contributed by atoms with Gasteiger partial charge in [-0.05, 0) is 17.7 Å². The van der Waals surface area contributed by atoms with E-state index in [9.17, 15) is 4.79 Å². The van der Waals surface area contributed by atoms with Crippen molar-refractivity contribution in [2.75, 3.05) is 45.0 Å². The molecular weight excluding hydrogens is 378 g/mol. The fourth-order valence-corrected chi connectivity index (χ4v) is 4.19. The number of carbonyl (C=O) groups excluding carboxylic acids is 1. The summed E-state index contributed by atoms with van der Waals surface area (Å²) in [6.45, 7) is 6.87. The highest BCUT2D eigenvalue weighted by molar-refractivity contribution is 8.00. The van der Waals surface area contributed by atoms with E-state index in [4.69, 9.17) is 11.6 Å². The molecule has 1 aliphatic heterocycles. The van der Waals surface area contributed by atoms with E-state index in [1.807, 2.05) is 24.3 Å². The van der Waals surface area contributed by atoms with Gasteiger partial charge in [0.25, 0.3) is 0 Å². The van der Waals surface area contributed by atoms with Crippen LogP contribution in [0.1, 0.15) is 5.56 Å². The van der Waals surface area contributed by atoms with Gasteiger partial charge in [-0.1, -0.05) is 54.1 Å². The third kappa shape index (κ3) is 6.85. The van der Waals surface area contributed by atoms with Crippen molar-refractivity contribution in [2.45, 2.75) is 11.4 Å². The predicted octanol–water partition coefficient (Wildman–Crippen LogP) is 3.37. The first-order valence-electron chi connectivity index (χ1n) is 9.33. The second-order valence-electron chi connectivity index (χ2n) is 6.67. The standard InChI is InChI=1S/C21H26ClN3OS/c22-19-8-4-5-9-20(19)27-17-21(26)23-10-11-24-12-14-25(15-13-24)16-18-6-2-1-3-7-18/h1-9H,10-17H2,(H,23,26). The van der Waals surface area contributed by atoms with Crippen LogP contribution >= 0.6 is 23.4 Å². The second-order valence-corrected chi connectivity index (χ2v) is 8.10. The number of benzene rings is 2. The first-order valence-corrected chi connectivity index (χ1v) is 10.7. The number of nitrogens with one attached hydrogen (secondary N) is 1. The lowest BCUT2D eigenvalue weighted by Crippen LogP contribution is -2.48. The molecule has 144 valence electrons. The summed E-state index contributed by atoms with van der Waals surface area (Å²) < 4.78 is 0. The molecule has 0 saturated carbocycles. The Morgan fingerprint density at radius 3 is 2.37 bits per heavy atom. The summed E-state index contributed by atoms with van der Waals surface area (Å²) in [7, 11) is 0. The minimum Gasteiger partial charge on any atom is -0.354 e. The largest absolute Gasteiger partial charge is 0.354 e. The third-order valence-electron chi connectivity index (χ3n) is 4.66. The Morgan fingerprint density at radius 2 is 1.63 bits per heavy atom. The maximum Gasteiger partial charge on any atom is 0.230 e. The van der Waals surface area contributed by atoms with Crippen LogP contribution in [0.25, 0.3) is 0 Å². The highest BCUT2D eigenvalue weighted by Crippen LogP contribution is 2.26. The van der Waals surface area contributed by atoms with E-state index in [2.05, 4.69) is 45.4 Å². The highest BCUT2D eigenvalue weighted by Gasteiger charge is 2.16. The van der Waals surface area contributed by atoms with Gasteiger partial charge in [-0.25, -0.2) is 0 Å². The summed E-state index contributed by atoms with van der Waals surface area (Å²) >= 11 is 7.59. The average Bonchev–Trinajstić information content (AvgIpc) is 2.69. The molecule has 0 aliphatic carbocycles. The Hall–Kier alpha value is -1.53. The first kappa shape index (κ1) is 20.2. The smallest absolute Gasteiger partial charge is 0.230 e. The van der Waals surface area contributed by atoms with Crippen LogP contribution in [0.3, 0.4) is 0 Å². The molecule has 2 aromatic rings. The van der Waals surface area contributed by atoms with Crippen LogP contribution in [0, 0.1) is 0 Å². The molecular formula is C21H26ClN3OS. The molecule has 1 fully saturated rings. The second kappa shape index (κ2) is 10.7. The summed E-state index contributed by atoms with van der Waals surface area (Å²) in [4.78, 5) is 17.9. The van der Waals surface area contributed by atoms with E-state index >= 15 is 0 Å². The molecule has 3 rings (SSSR count). The van der Waals surface area contributed by atoms with E-state index in [1.165, 1.54) is 17.3 Å². The van der Waals surface area contributed by atoms with Crippen LogP contribution in [0.2, 0.25) is 5.02 Å². The summed E-state index contributed by atoms with van der Waals surface area (Å²) in [5.74, 6) is 0.455. The van der Waals surface area contributed by atoms with Crippen molar-refractivity contribution in [3.63, 3.8) is 0 Å². The zero-order valence-corrected chi connectivity index (χ0v) is 17.0. The zero-order valence-electron chi connectivity index (χ0n) is 15.4. The Balaban J connectivity index is 1.29. The lowest BCUT2D eigenvalue weighted by molar-refractivity contribution is -0.118. The molecule has 1 saturated heterocycles. The molecule has 0 unspecified atom stereocenters. The summed E-state index contributed by atoms with van der Waals surface area (Å²) in [5.41, 5.74) is 1.37. The van der Waals surface area contributed by atoms with Crippen LogP contribution < -0.4 is 5.32 Å². The Morgan fingerprint density at radius 1 is 0.963 bits per heavy atom. The molecule has 6 heteroatoms. The lowest BCUT2D eigenvalue weighted by Gasteiger charge is -2.34. The fourth-order valence-electron chi connectivity index (χ4n) is 3.12. The molecule has 1 amide bonds. The van der Waals surface area contributed by atoms with Gasteiger partial charge in [0.2, 0.25) is 5.91 Å². The number of piperazine rings is 1. The summed E-state index contributed by atoms with van der Waals surface area (Å²) in [6.07, 6.45) is 0. The monoisotopic (exact) mass is 403 g/mol. The van der Waals surface area contributed by atoms with Crippen LogP contribution in [0.5, 0.6) is 0 Å². The summed E-state index contributed by atoms with van der Waals surface area (Å²) in [5, 5.41) is 3.71. The van der Waals surface area contributed by atoms with Crippen molar-refractivity contribution in [3.8, 4) is 0 Å². The SMILES string of the molecule is O=C(CSc1ccccc1Cl)NCCN1CCN(Cc2ccccc2)CC1. The average molecular weight is 404 g/mol. The van der Waals surface area contributed by atoms with Gasteiger partial charge in [0.15, 0.2) is 0 Å². The van der Waals surface area contributed by atoms with Gasteiger partial charge in [-0.2, -0.15) is 0 Å². The van der Waals surface area contributed by atoms with Gasteiger partial charge in [-0.3, -0.25) is 14.6 Å². The molecule has 1 heterocycles. The maximum atomic E-state index is 12.0. The lowest BCUT2D eigenvalue weighted by atomic mass is 10.2. The number of hydrogen-bond acceptors (Lipinski definition) is 4. The van der Waals surface area contributed by atoms with Crippen LogP contribution in [0.4, 0.5) is 0 Å². The van der Waals surface area contributed by atoms with E-state index < -0.39 is 0 Å². The van der Waals surface area contributed by atoms with Crippen molar-refractivity contribution in [1.29, 1.82) is 0 Å². The number of carbonyl (C=O) groups is 1. The van der Waals surface area contributed by atoms with Crippen molar-refractivity contribution < 1.29 is 4.79 Å². The number of halogens is 1.